The Morgan fingerprint density at radius 1 is 0.931 bits per heavy atom. The van der Waals surface area contributed by atoms with Gasteiger partial charge in [0.2, 0.25) is 0 Å². The maximum Gasteiger partial charge on any atom is 0.300 e. The predicted octanol–water partition coefficient (Wildman–Crippen LogP) is 4.32. The van der Waals surface area contributed by atoms with Gasteiger partial charge in [-0.1, -0.05) is 36.4 Å². The summed E-state index contributed by atoms with van der Waals surface area (Å²) in [6.45, 7) is 3.91. The fourth-order valence-corrected chi connectivity index (χ4v) is 3.55. The average Bonchev–Trinajstić information content (AvgIpc) is 3.01. The molecule has 1 aliphatic rings. The van der Waals surface area contributed by atoms with Crippen molar-refractivity contribution < 1.29 is 14.7 Å². The Kier molecular flexibility index (Phi) is 4.72. The number of anilines is 1. The van der Waals surface area contributed by atoms with Crippen LogP contribution in [0.25, 0.3) is 5.76 Å². The quantitative estimate of drug-likeness (QED) is 0.415. The second kappa shape index (κ2) is 7.36. The molecule has 144 valence electrons. The van der Waals surface area contributed by atoms with Crippen molar-refractivity contribution in [2.24, 2.45) is 0 Å². The fraction of sp³-hybridized carbons (Fsp3) is 0.125. The number of aliphatic hydroxyl groups excluding tert-OH is 1. The summed E-state index contributed by atoms with van der Waals surface area (Å²) in [6, 6.07) is 18.9. The number of aryl methyl sites for hydroxylation is 2. The van der Waals surface area contributed by atoms with Crippen LogP contribution in [0.15, 0.2) is 78.5 Å². The summed E-state index contributed by atoms with van der Waals surface area (Å²) in [5.41, 5.74) is 3.69. The van der Waals surface area contributed by atoms with Crippen molar-refractivity contribution in [2.75, 3.05) is 4.90 Å². The van der Waals surface area contributed by atoms with E-state index in [1.165, 1.54) is 4.90 Å². The maximum absolute atomic E-state index is 13.0. The van der Waals surface area contributed by atoms with Crippen molar-refractivity contribution in [3.8, 4) is 0 Å². The molecule has 29 heavy (non-hydrogen) atoms. The molecule has 0 spiro atoms. The van der Waals surface area contributed by atoms with Gasteiger partial charge < -0.3 is 5.11 Å². The molecule has 1 saturated heterocycles. The van der Waals surface area contributed by atoms with Crippen molar-refractivity contribution in [3.05, 3.63) is 101 Å². The predicted molar refractivity (Wildman–Crippen MR) is 111 cm³/mol. The minimum atomic E-state index is -0.805. The number of hydrogen-bond acceptors (Lipinski definition) is 4. The first kappa shape index (κ1) is 18.6. The third-order valence-electron chi connectivity index (χ3n) is 5.23. The first-order valence-electron chi connectivity index (χ1n) is 9.33. The van der Waals surface area contributed by atoms with Crippen LogP contribution in [0.1, 0.15) is 28.4 Å². The van der Waals surface area contributed by atoms with Crippen molar-refractivity contribution >= 4 is 23.1 Å². The van der Waals surface area contributed by atoms with Crippen LogP contribution < -0.4 is 4.90 Å². The SMILES string of the molecule is Cc1ccc(/C(O)=C2/C(=O)C(=O)N(c3ccccc3)C2c2ccccn2)cc1C. The van der Waals surface area contributed by atoms with E-state index in [2.05, 4.69) is 4.98 Å². The summed E-state index contributed by atoms with van der Waals surface area (Å²) < 4.78 is 0. The lowest BCUT2D eigenvalue weighted by atomic mass is 9.96. The standard InChI is InChI=1S/C24H20N2O3/c1-15-11-12-17(14-16(15)2)22(27)20-21(19-10-6-7-13-25-19)26(24(29)23(20)28)18-8-4-3-5-9-18/h3-14,21,27H,1-2H3/b22-20-. The molecule has 0 radical (unpaired) electrons. The molecule has 1 atom stereocenters. The van der Waals surface area contributed by atoms with Gasteiger partial charge in [-0.2, -0.15) is 0 Å². The number of nitrogens with zero attached hydrogens (tertiary/aromatic N) is 2. The highest BCUT2D eigenvalue weighted by Gasteiger charge is 2.47. The molecule has 5 heteroatoms. The zero-order valence-electron chi connectivity index (χ0n) is 16.2. The number of rotatable bonds is 3. The lowest BCUT2D eigenvalue weighted by Gasteiger charge is -2.24. The molecule has 2 heterocycles. The van der Waals surface area contributed by atoms with Crippen LogP contribution >= 0.6 is 0 Å². The number of aliphatic hydroxyl groups is 1. The number of hydrogen-bond donors (Lipinski definition) is 1. The first-order valence-corrected chi connectivity index (χ1v) is 9.33. The number of aromatic nitrogens is 1. The van der Waals surface area contributed by atoms with Gasteiger partial charge in [0.15, 0.2) is 0 Å². The molecule has 5 nitrogen and oxygen atoms in total. The number of amides is 1. The molecule has 1 aliphatic heterocycles. The summed E-state index contributed by atoms with van der Waals surface area (Å²) >= 11 is 0. The van der Waals surface area contributed by atoms with Crippen LogP contribution in [-0.4, -0.2) is 21.8 Å². The van der Waals surface area contributed by atoms with E-state index >= 15 is 0 Å². The van der Waals surface area contributed by atoms with Gasteiger partial charge in [0.05, 0.1) is 11.3 Å². The van der Waals surface area contributed by atoms with Crippen LogP contribution in [0.2, 0.25) is 0 Å². The summed E-state index contributed by atoms with van der Waals surface area (Å²) in [4.78, 5) is 31.7. The first-order chi connectivity index (χ1) is 14.0. The van der Waals surface area contributed by atoms with Crippen LogP contribution in [0.5, 0.6) is 0 Å². The molecule has 0 aliphatic carbocycles. The Balaban J connectivity index is 1.95. The van der Waals surface area contributed by atoms with Crippen LogP contribution in [0.3, 0.4) is 0 Å². The van der Waals surface area contributed by atoms with Gasteiger partial charge in [-0.25, -0.2) is 0 Å². The van der Waals surface area contributed by atoms with Crippen LogP contribution in [-0.2, 0) is 9.59 Å². The van der Waals surface area contributed by atoms with E-state index in [-0.39, 0.29) is 11.3 Å². The summed E-state index contributed by atoms with van der Waals surface area (Å²) in [6.07, 6.45) is 1.61. The molecular formula is C24H20N2O3. The van der Waals surface area contributed by atoms with Gasteiger partial charge in [0.25, 0.3) is 11.7 Å². The smallest absolute Gasteiger partial charge is 0.300 e. The average molecular weight is 384 g/mol. The monoisotopic (exact) mass is 384 g/mol. The van der Waals surface area contributed by atoms with Crippen molar-refractivity contribution in [1.82, 2.24) is 4.98 Å². The molecule has 1 unspecified atom stereocenters. The van der Waals surface area contributed by atoms with E-state index in [1.807, 2.05) is 32.0 Å². The molecular weight excluding hydrogens is 364 g/mol. The van der Waals surface area contributed by atoms with E-state index in [4.69, 9.17) is 0 Å². The minimum absolute atomic E-state index is 0.0424. The highest BCUT2D eigenvalue weighted by molar-refractivity contribution is 6.51. The van der Waals surface area contributed by atoms with E-state index in [0.29, 0.717) is 16.9 Å². The molecule has 1 amide bonds. The molecule has 2 aromatic carbocycles. The largest absolute Gasteiger partial charge is 0.507 e. The Bertz CT molecular complexity index is 1120. The molecule has 3 aromatic rings. The number of ketones is 1. The summed E-state index contributed by atoms with van der Waals surface area (Å²) in [7, 11) is 0. The Morgan fingerprint density at radius 2 is 1.66 bits per heavy atom. The third kappa shape index (κ3) is 3.21. The van der Waals surface area contributed by atoms with Crippen LogP contribution in [0.4, 0.5) is 5.69 Å². The fourth-order valence-electron chi connectivity index (χ4n) is 3.55. The molecule has 4 rings (SSSR count). The molecule has 0 saturated carbocycles. The minimum Gasteiger partial charge on any atom is -0.507 e. The van der Waals surface area contributed by atoms with Gasteiger partial charge in [-0.3, -0.25) is 19.5 Å². The van der Waals surface area contributed by atoms with E-state index in [0.717, 1.165) is 11.1 Å². The molecule has 0 bridgehead atoms. The normalized spacial score (nSPS) is 18.3. The highest BCUT2D eigenvalue weighted by Crippen LogP contribution is 2.41. The third-order valence-corrected chi connectivity index (χ3v) is 5.23. The second-order valence-corrected chi connectivity index (χ2v) is 7.06. The van der Waals surface area contributed by atoms with Gasteiger partial charge in [-0.05, 0) is 55.3 Å². The Labute approximate surface area is 169 Å². The Morgan fingerprint density at radius 3 is 2.31 bits per heavy atom. The molecule has 1 N–H and O–H groups in total. The summed E-state index contributed by atoms with van der Waals surface area (Å²) in [5, 5.41) is 11.1. The zero-order chi connectivity index (χ0) is 20.5. The topological polar surface area (TPSA) is 70.5 Å². The number of benzene rings is 2. The van der Waals surface area contributed by atoms with Crippen molar-refractivity contribution in [2.45, 2.75) is 19.9 Å². The zero-order valence-corrected chi connectivity index (χ0v) is 16.2. The van der Waals surface area contributed by atoms with Gasteiger partial charge in [0, 0.05) is 17.4 Å². The lowest BCUT2D eigenvalue weighted by Crippen LogP contribution is -2.29. The summed E-state index contributed by atoms with van der Waals surface area (Å²) in [5.74, 6) is -1.60. The van der Waals surface area contributed by atoms with Crippen molar-refractivity contribution in [3.63, 3.8) is 0 Å². The van der Waals surface area contributed by atoms with E-state index < -0.39 is 17.7 Å². The van der Waals surface area contributed by atoms with Crippen molar-refractivity contribution in [1.29, 1.82) is 0 Å². The van der Waals surface area contributed by atoms with E-state index in [9.17, 15) is 14.7 Å². The van der Waals surface area contributed by atoms with Gasteiger partial charge >= 0.3 is 0 Å². The second-order valence-electron chi connectivity index (χ2n) is 7.06. The van der Waals surface area contributed by atoms with E-state index in [1.54, 1.807) is 54.7 Å². The number of pyridine rings is 1. The highest BCUT2D eigenvalue weighted by atomic mass is 16.3. The molecule has 1 fully saturated rings. The van der Waals surface area contributed by atoms with Gasteiger partial charge in [-0.15, -0.1) is 0 Å². The molecule has 1 aromatic heterocycles. The number of Topliss-reactive ketones (excluding diaryl/α,β-unsaturated/α-hetero) is 1. The number of carbonyl (C=O) groups is 2. The van der Waals surface area contributed by atoms with Gasteiger partial charge in [0.1, 0.15) is 11.8 Å². The Hall–Kier alpha value is -3.73. The number of carbonyl (C=O) groups excluding carboxylic acids is 2. The number of para-hydroxylation sites is 1. The van der Waals surface area contributed by atoms with Crippen LogP contribution in [0, 0.1) is 13.8 Å². The lowest BCUT2D eigenvalue weighted by molar-refractivity contribution is -0.132. The maximum atomic E-state index is 13.0.